The molecule has 0 spiro atoms. The maximum Gasteiger partial charge on any atom is 0.306 e. The molecular weight excluding hydrogens is 282 g/mol. The molecular formula is C17H21NO4. The van der Waals surface area contributed by atoms with Crippen LogP contribution in [0.1, 0.15) is 41.9 Å². The van der Waals surface area contributed by atoms with Gasteiger partial charge in [0.05, 0.1) is 5.92 Å². The third-order valence-electron chi connectivity index (χ3n) is 4.85. The maximum absolute atomic E-state index is 12.5. The van der Waals surface area contributed by atoms with E-state index in [2.05, 4.69) is 5.32 Å². The highest BCUT2D eigenvalue weighted by molar-refractivity contribution is 5.86. The average molecular weight is 303 g/mol. The summed E-state index contributed by atoms with van der Waals surface area (Å²) in [6.07, 6.45) is 1.89. The molecule has 5 heteroatoms. The first-order chi connectivity index (χ1) is 10.5. The number of benzene rings is 1. The number of carboxylic acids is 1. The second kappa shape index (κ2) is 5.63. The number of ether oxygens (including phenoxy) is 1. The van der Waals surface area contributed by atoms with E-state index in [-0.39, 0.29) is 23.8 Å². The van der Waals surface area contributed by atoms with Crippen LogP contribution in [-0.2, 0) is 9.59 Å². The van der Waals surface area contributed by atoms with Crippen molar-refractivity contribution in [3.8, 4) is 5.75 Å². The van der Waals surface area contributed by atoms with Crippen molar-refractivity contribution in [1.29, 1.82) is 0 Å². The third kappa shape index (κ3) is 2.67. The topological polar surface area (TPSA) is 75.6 Å². The lowest BCUT2D eigenvalue weighted by Crippen LogP contribution is -2.37. The van der Waals surface area contributed by atoms with Crippen molar-refractivity contribution in [3.63, 3.8) is 0 Å². The Morgan fingerprint density at radius 2 is 1.95 bits per heavy atom. The molecule has 0 radical (unpaired) electrons. The molecule has 1 saturated carbocycles. The first-order valence-corrected chi connectivity index (χ1v) is 7.73. The highest BCUT2D eigenvalue weighted by atomic mass is 16.5. The van der Waals surface area contributed by atoms with Crippen molar-refractivity contribution >= 4 is 11.9 Å². The van der Waals surface area contributed by atoms with Crippen LogP contribution in [-0.4, -0.2) is 29.6 Å². The smallest absolute Gasteiger partial charge is 0.306 e. The van der Waals surface area contributed by atoms with Crippen LogP contribution in [0.15, 0.2) is 12.1 Å². The molecule has 2 N–H and O–H groups in total. The van der Waals surface area contributed by atoms with Crippen molar-refractivity contribution in [2.75, 3.05) is 6.61 Å². The van der Waals surface area contributed by atoms with Crippen molar-refractivity contribution in [2.45, 2.75) is 45.1 Å². The van der Waals surface area contributed by atoms with Gasteiger partial charge >= 0.3 is 5.97 Å². The molecule has 1 heterocycles. The Kier molecular flexibility index (Phi) is 3.81. The number of carbonyl (C=O) groups is 2. The average Bonchev–Trinajstić information content (AvgIpc) is 3.06. The van der Waals surface area contributed by atoms with E-state index in [0.29, 0.717) is 19.4 Å². The van der Waals surface area contributed by atoms with E-state index in [4.69, 9.17) is 9.84 Å². The van der Waals surface area contributed by atoms with Crippen LogP contribution < -0.4 is 10.1 Å². The molecule has 0 bridgehead atoms. The summed E-state index contributed by atoms with van der Waals surface area (Å²) in [5, 5.41) is 12.0. The van der Waals surface area contributed by atoms with Crippen LogP contribution in [0.5, 0.6) is 5.75 Å². The summed E-state index contributed by atoms with van der Waals surface area (Å²) in [5.41, 5.74) is 3.24. The van der Waals surface area contributed by atoms with Crippen LogP contribution in [0.25, 0.3) is 0 Å². The van der Waals surface area contributed by atoms with Crippen molar-refractivity contribution < 1.29 is 19.4 Å². The molecule has 1 aromatic carbocycles. The highest BCUT2D eigenvalue weighted by Crippen LogP contribution is 2.36. The van der Waals surface area contributed by atoms with Gasteiger partial charge in [-0.15, -0.1) is 0 Å². The van der Waals surface area contributed by atoms with E-state index in [1.807, 2.05) is 26.0 Å². The summed E-state index contributed by atoms with van der Waals surface area (Å²) in [7, 11) is 0. The third-order valence-corrected chi connectivity index (χ3v) is 4.85. The Hall–Kier alpha value is -2.04. The second-order valence-electron chi connectivity index (χ2n) is 6.39. The molecule has 1 fully saturated rings. The number of aryl methyl sites for hydroxylation is 2. The predicted molar refractivity (Wildman–Crippen MR) is 81.1 cm³/mol. The van der Waals surface area contributed by atoms with Gasteiger partial charge in [0.15, 0.2) is 0 Å². The Morgan fingerprint density at radius 1 is 1.23 bits per heavy atom. The van der Waals surface area contributed by atoms with Crippen LogP contribution >= 0.6 is 0 Å². The number of amides is 1. The molecule has 22 heavy (non-hydrogen) atoms. The van der Waals surface area contributed by atoms with E-state index in [1.165, 1.54) is 0 Å². The summed E-state index contributed by atoms with van der Waals surface area (Å²) in [6.45, 7) is 4.41. The quantitative estimate of drug-likeness (QED) is 0.897. The van der Waals surface area contributed by atoms with E-state index in [0.717, 1.165) is 28.9 Å². The minimum absolute atomic E-state index is 0.0378. The number of aliphatic carboxylic acids is 1. The number of carbonyl (C=O) groups excluding carboxylic acids is 1. The number of hydrogen-bond donors (Lipinski definition) is 2. The first kappa shape index (κ1) is 14.9. The summed E-state index contributed by atoms with van der Waals surface area (Å²) in [6, 6.07) is 3.97. The maximum atomic E-state index is 12.5. The van der Waals surface area contributed by atoms with Gasteiger partial charge in [-0.3, -0.25) is 9.59 Å². The van der Waals surface area contributed by atoms with Crippen molar-refractivity contribution in [2.24, 2.45) is 5.92 Å². The van der Waals surface area contributed by atoms with E-state index in [1.54, 1.807) is 0 Å². The van der Waals surface area contributed by atoms with Gasteiger partial charge in [-0.2, -0.15) is 0 Å². The molecule has 2 aliphatic rings. The predicted octanol–water partition coefficient (Wildman–Crippen LogP) is 2.15. The van der Waals surface area contributed by atoms with E-state index >= 15 is 0 Å². The number of fused-ring (bicyclic) bond motifs is 1. The Labute approximate surface area is 129 Å². The monoisotopic (exact) mass is 303 g/mol. The number of carboxylic acid groups (broad SMARTS) is 1. The molecule has 118 valence electrons. The molecule has 1 unspecified atom stereocenters. The molecule has 1 aliphatic heterocycles. The Balaban J connectivity index is 1.68. The Bertz CT molecular complexity index is 625. The molecule has 3 rings (SSSR count). The largest absolute Gasteiger partial charge is 0.492 e. The fraction of sp³-hybridized carbons (Fsp3) is 0.529. The van der Waals surface area contributed by atoms with Gasteiger partial charge in [0.1, 0.15) is 18.3 Å². The van der Waals surface area contributed by atoms with Gasteiger partial charge in [-0.05, 0) is 50.3 Å². The van der Waals surface area contributed by atoms with Crippen molar-refractivity contribution in [1.82, 2.24) is 5.32 Å². The van der Waals surface area contributed by atoms with Crippen LogP contribution in [0, 0.1) is 19.8 Å². The Morgan fingerprint density at radius 3 is 2.64 bits per heavy atom. The second-order valence-corrected chi connectivity index (χ2v) is 6.39. The standard InChI is InChI=1S/C17H21NO4/c1-9-5-13-14(8-22-15(13)6-10(9)2)16(19)18-12-4-3-11(7-12)17(20)21/h5-6,11-12,14H,3-4,7-8H2,1-2H3,(H,18,19)(H,20,21)/t11-,12+,14?/m0/s1. The lowest BCUT2D eigenvalue weighted by atomic mass is 9.96. The van der Waals surface area contributed by atoms with Gasteiger partial charge in [-0.25, -0.2) is 0 Å². The SMILES string of the molecule is Cc1cc2c(cc1C)C(C(=O)N[C@@H]1CC[C@H](C(=O)O)C1)CO2. The van der Waals surface area contributed by atoms with Crippen molar-refractivity contribution in [3.05, 3.63) is 28.8 Å². The summed E-state index contributed by atoms with van der Waals surface area (Å²) in [5.74, 6) is -0.658. The van der Waals surface area contributed by atoms with Gasteiger partial charge in [0.25, 0.3) is 0 Å². The highest BCUT2D eigenvalue weighted by Gasteiger charge is 2.35. The summed E-state index contributed by atoms with van der Waals surface area (Å²) >= 11 is 0. The minimum Gasteiger partial charge on any atom is -0.492 e. The number of rotatable bonds is 3. The van der Waals surface area contributed by atoms with Gasteiger partial charge in [-0.1, -0.05) is 6.07 Å². The van der Waals surface area contributed by atoms with E-state index < -0.39 is 5.97 Å². The summed E-state index contributed by atoms with van der Waals surface area (Å²) in [4.78, 5) is 23.5. The molecule has 1 aliphatic carbocycles. The fourth-order valence-corrected chi connectivity index (χ4v) is 3.33. The molecule has 3 atom stereocenters. The first-order valence-electron chi connectivity index (χ1n) is 7.73. The van der Waals surface area contributed by atoms with Gasteiger partial charge in [0.2, 0.25) is 5.91 Å². The zero-order valence-electron chi connectivity index (χ0n) is 12.9. The lowest BCUT2D eigenvalue weighted by molar-refractivity contribution is -0.141. The minimum atomic E-state index is -0.766. The van der Waals surface area contributed by atoms with Gasteiger partial charge in [0, 0.05) is 11.6 Å². The molecule has 1 aromatic rings. The summed E-state index contributed by atoms with van der Waals surface area (Å²) < 4.78 is 5.64. The van der Waals surface area contributed by atoms with Crippen LogP contribution in [0.4, 0.5) is 0 Å². The van der Waals surface area contributed by atoms with Crippen LogP contribution in [0.2, 0.25) is 0 Å². The van der Waals surface area contributed by atoms with Crippen LogP contribution in [0.3, 0.4) is 0 Å². The molecule has 1 amide bonds. The fourth-order valence-electron chi connectivity index (χ4n) is 3.33. The lowest BCUT2D eigenvalue weighted by Gasteiger charge is -2.16. The zero-order chi connectivity index (χ0) is 15.9. The zero-order valence-corrected chi connectivity index (χ0v) is 12.9. The number of nitrogens with one attached hydrogen (secondary N) is 1. The van der Waals surface area contributed by atoms with E-state index in [9.17, 15) is 9.59 Å². The molecule has 5 nitrogen and oxygen atoms in total. The van der Waals surface area contributed by atoms with Gasteiger partial charge < -0.3 is 15.2 Å². The molecule has 0 saturated heterocycles. The normalized spacial score (nSPS) is 26.4. The number of hydrogen-bond acceptors (Lipinski definition) is 3. The molecule has 0 aromatic heterocycles.